The number of carbonyl (C=O) groups excluding carboxylic acids is 1. The molecule has 1 heterocycles. The fraction of sp³-hybridized carbons (Fsp3) is 0.929. The van der Waals surface area contributed by atoms with Crippen LogP contribution in [-0.2, 0) is 9.53 Å². The molecule has 0 aromatic carbocycles. The van der Waals surface area contributed by atoms with Crippen molar-refractivity contribution in [3.63, 3.8) is 0 Å². The molecule has 2 aliphatic rings. The second-order valence-electron chi connectivity index (χ2n) is 5.63. The van der Waals surface area contributed by atoms with Crippen molar-refractivity contribution in [1.82, 2.24) is 10.2 Å². The summed E-state index contributed by atoms with van der Waals surface area (Å²) in [7, 11) is 1.73. The van der Waals surface area contributed by atoms with E-state index in [9.17, 15) is 4.79 Å². The van der Waals surface area contributed by atoms with E-state index in [2.05, 4.69) is 10.2 Å². The van der Waals surface area contributed by atoms with E-state index < -0.39 is 0 Å². The second-order valence-corrected chi connectivity index (χ2v) is 5.63. The van der Waals surface area contributed by atoms with Crippen LogP contribution in [0, 0.1) is 5.41 Å². The lowest BCUT2D eigenvalue weighted by atomic mass is 9.81. The maximum absolute atomic E-state index is 12.8. The molecule has 0 bridgehead atoms. The summed E-state index contributed by atoms with van der Waals surface area (Å²) in [6.07, 6.45) is 6.47. The first-order valence-electron chi connectivity index (χ1n) is 7.27. The zero-order valence-corrected chi connectivity index (χ0v) is 11.5. The molecule has 0 atom stereocenters. The van der Waals surface area contributed by atoms with Gasteiger partial charge in [-0.3, -0.25) is 4.79 Å². The fourth-order valence-electron chi connectivity index (χ4n) is 3.30. The van der Waals surface area contributed by atoms with Crippen LogP contribution < -0.4 is 5.32 Å². The van der Waals surface area contributed by atoms with Crippen molar-refractivity contribution >= 4 is 5.91 Å². The minimum Gasteiger partial charge on any atom is -0.385 e. The molecule has 2 rings (SSSR count). The molecule has 0 aromatic rings. The lowest BCUT2D eigenvalue weighted by Gasteiger charge is -2.33. The number of carbonyl (C=O) groups is 1. The average molecular weight is 254 g/mol. The van der Waals surface area contributed by atoms with E-state index in [0.717, 1.165) is 51.9 Å². The quantitative estimate of drug-likeness (QED) is 0.824. The molecule has 0 radical (unpaired) electrons. The van der Waals surface area contributed by atoms with Crippen molar-refractivity contribution in [1.29, 1.82) is 0 Å². The maximum atomic E-state index is 12.8. The third kappa shape index (κ3) is 3.04. The summed E-state index contributed by atoms with van der Waals surface area (Å²) in [5.41, 5.74) is -0.111. The van der Waals surface area contributed by atoms with Gasteiger partial charge < -0.3 is 15.0 Å². The Labute approximate surface area is 110 Å². The Morgan fingerprint density at radius 2 is 2.00 bits per heavy atom. The van der Waals surface area contributed by atoms with Gasteiger partial charge in [0.25, 0.3) is 0 Å². The van der Waals surface area contributed by atoms with Crippen LogP contribution in [0.1, 0.15) is 38.5 Å². The number of hydrogen-bond acceptors (Lipinski definition) is 3. The van der Waals surface area contributed by atoms with Crippen LogP contribution in [0.2, 0.25) is 0 Å². The molecular weight excluding hydrogens is 228 g/mol. The van der Waals surface area contributed by atoms with Crippen LogP contribution in [-0.4, -0.2) is 50.7 Å². The Hall–Kier alpha value is -0.610. The third-order valence-electron chi connectivity index (χ3n) is 4.43. The van der Waals surface area contributed by atoms with Crippen LogP contribution in [0.25, 0.3) is 0 Å². The molecule has 1 N–H and O–H groups in total. The van der Waals surface area contributed by atoms with E-state index in [-0.39, 0.29) is 5.41 Å². The minimum atomic E-state index is -0.111. The topological polar surface area (TPSA) is 41.6 Å². The molecule has 0 spiro atoms. The Morgan fingerprint density at radius 1 is 1.22 bits per heavy atom. The molecule has 104 valence electrons. The van der Waals surface area contributed by atoms with Gasteiger partial charge in [0.1, 0.15) is 0 Å². The van der Waals surface area contributed by atoms with Crippen molar-refractivity contribution < 1.29 is 9.53 Å². The van der Waals surface area contributed by atoms with Gasteiger partial charge in [-0.05, 0) is 32.2 Å². The van der Waals surface area contributed by atoms with Crippen molar-refractivity contribution in [2.24, 2.45) is 5.41 Å². The van der Waals surface area contributed by atoms with E-state index in [1.165, 1.54) is 12.8 Å². The molecule has 1 aliphatic carbocycles. The van der Waals surface area contributed by atoms with Crippen molar-refractivity contribution in [2.45, 2.75) is 38.5 Å². The van der Waals surface area contributed by atoms with E-state index in [4.69, 9.17) is 4.74 Å². The van der Waals surface area contributed by atoms with Gasteiger partial charge in [0, 0.05) is 33.4 Å². The molecule has 1 saturated carbocycles. The van der Waals surface area contributed by atoms with Crippen molar-refractivity contribution in [3.8, 4) is 0 Å². The highest BCUT2D eigenvalue weighted by Crippen LogP contribution is 2.42. The zero-order chi connectivity index (χ0) is 12.8. The monoisotopic (exact) mass is 254 g/mol. The molecule has 0 unspecified atom stereocenters. The number of amides is 1. The van der Waals surface area contributed by atoms with Gasteiger partial charge >= 0.3 is 0 Å². The molecule has 1 aliphatic heterocycles. The van der Waals surface area contributed by atoms with Gasteiger partial charge in [-0.1, -0.05) is 12.8 Å². The van der Waals surface area contributed by atoms with Gasteiger partial charge in [0.15, 0.2) is 0 Å². The summed E-state index contributed by atoms with van der Waals surface area (Å²) < 4.78 is 5.21. The Kier molecular flexibility index (Phi) is 5.01. The summed E-state index contributed by atoms with van der Waals surface area (Å²) in [5.74, 6) is 0.390. The highest BCUT2D eigenvalue weighted by atomic mass is 16.5. The first kappa shape index (κ1) is 13.8. The molecule has 1 saturated heterocycles. The smallest absolute Gasteiger partial charge is 0.228 e. The second kappa shape index (κ2) is 6.53. The van der Waals surface area contributed by atoms with Crippen LogP contribution in [0.15, 0.2) is 0 Å². The first-order chi connectivity index (χ1) is 8.78. The summed E-state index contributed by atoms with van der Waals surface area (Å²) in [5, 5.41) is 3.36. The van der Waals surface area contributed by atoms with Crippen molar-refractivity contribution in [3.05, 3.63) is 0 Å². The third-order valence-corrected chi connectivity index (χ3v) is 4.43. The lowest BCUT2D eigenvalue weighted by molar-refractivity contribution is -0.142. The molecule has 4 nitrogen and oxygen atoms in total. The number of nitrogens with one attached hydrogen (secondary N) is 1. The normalized spacial score (nSPS) is 23.9. The highest BCUT2D eigenvalue weighted by Gasteiger charge is 2.42. The number of rotatable bonds is 4. The molecular formula is C14H26N2O2. The Morgan fingerprint density at radius 3 is 2.72 bits per heavy atom. The molecule has 18 heavy (non-hydrogen) atoms. The van der Waals surface area contributed by atoms with E-state index in [1.54, 1.807) is 7.11 Å². The first-order valence-corrected chi connectivity index (χ1v) is 7.27. The zero-order valence-electron chi connectivity index (χ0n) is 11.5. The largest absolute Gasteiger partial charge is 0.385 e. The Bertz CT molecular complexity index is 267. The number of ether oxygens (including phenoxy) is 1. The van der Waals surface area contributed by atoms with Crippen LogP contribution >= 0.6 is 0 Å². The van der Waals surface area contributed by atoms with Gasteiger partial charge in [0.05, 0.1) is 5.41 Å². The summed E-state index contributed by atoms with van der Waals surface area (Å²) in [4.78, 5) is 14.9. The van der Waals surface area contributed by atoms with Crippen molar-refractivity contribution in [2.75, 3.05) is 39.9 Å². The number of hydrogen-bond donors (Lipinski definition) is 1. The summed E-state index contributed by atoms with van der Waals surface area (Å²) in [6.45, 7) is 4.47. The van der Waals surface area contributed by atoms with Crippen LogP contribution in [0.4, 0.5) is 0 Å². The molecule has 4 heteroatoms. The molecule has 1 amide bonds. The Balaban J connectivity index is 2.02. The predicted molar refractivity (Wildman–Crippen MR) is 71.5 cm³/mol. The van der Waals surface area contributed by atoms with Gasteiger partial charge in [0.2, 0.25) is 5.91 Å². The summed E-state index contributed by atoms with van der Waals surface area (Å²) in [6, 6.07) is 0. The maximum Gasteiger partial charge on any atom is 0.228 e. The summed E-state index contributed by atoms with van der Waals surface area (Å²) >= 11 is 0. The predicted octanol–water partition coefficient (Wildman–Crippen LogP) is 1.41. The van der Waals surface area contributed by atoms with Crippen LogP contribution in [0.5, 0.6) is 0 Å². The standard InChI is InChI=1S/C14H26N2O2/c1-18-12-7-14(5-2-3-6-14)13(17)16-10-4-8-15-9-11-16/h15H,2-12H2,1H3. The van der Waals surface area contributed by atoms with E-state index in [1.807, 2.05) is 0 Å². The average Bonchev–Trinajstić information content (AvgIpc) is 2.71. The number of methoxy groups -OCH3 is 1. The van der Waals surface area contributed by atoms with E-state index >= 15 is 0 Å². The number of nitrogens with zero attached hydrogens (tertiary/aromatic N) is 1. The SMILES string of the molecule is COCCC1(C(=O)N2CCCNCC2)CCCC1. The lowest BCUT2D eigenvalue weighted by Crippen LogP contribution is -2.44. The fourth-order valence-corrected chi connectivity index (χ4v) is 3.30. The molecule has 2 fully saturated rings. The van der Waals surface area contributed by atoms with Gasteiger partial charge in [-0.15, -0.1) is 0 Å². The van der Waals surface area contributed by atoms with Crippen LogP contribution in [0.3, 0.4) is 0 Å². The minimum absolute atomic E-state index is 0.111. The molecule has 0 aromatic heterocycles. The van der Waals surface area contributed by atoms with Gasteiger partial charge in [-0.25, -0.2) is 0 Å². The highest BCUT2D eigenvalue weighted by molar-refractivity contribution is 5.83. The van der Waals surface area contributed by atoms with E-state index in [0.29, 0.717) is 12.5 Å². The van der Waals surface area contributed by atoms with Gasteiger partial charge in [-0.2, -0.15) is 0 Å².